The lowest BCUT2D eigenvalue weighted by Gasteiger charge is -2.18. The molecule has 4 nitrogen and oxygen atoms in total. The van der Waals surface area contributed by atoms with E-state index < -0.39 is 5.97 Å². The third-order valence-electron chi connectivity index (χ3n) is 5.25. The molecule has 1 amide bonds. The Bertz CT molecular complexity index is 1130. The molecule has 29 heavy (non-hydrogen) atoms. The van der Waals surface area contributed by atoms with Crippen LogP contribution in [0.15, 0.2) is 78.9 Å². The van der Waals surface area contributed by atoms with Crippen LogP contribution in [0.4, 0.5) is 5.69 Å². The molecule has 1 aliphatic carbocycles. The van der Waals surface area contributed by atoms with Crippen LogP contribution in [0.1, 0.15) is 51.3 Å². The fraction of sp³-hybridized carbons (Fsp3) is 0.120. The molecule has 0 radical (unpaired) electrons. The number of aromatic carboxylic acids is 1. The maximum Gasteiger partial charge on any atom is 0.335 e. The molecule has 0 fully saturated rings. The van der Waals surface area contributed by atoms with Crippen molar-refractivity contribution in [2.75, 3.05) is 5.32 Å². The Kier molecular flexibility index (Phi) is 4.55. The fourth-order valence-corrected chi connectivity index (χ4v) is 3.75. The number of anilines is 1. The summed E-state index contributed by atoms with van der Waals surface area (Å²) in [5.41, 5.74) is 5.82. The molecule has 0 heterocycles. The highest BCUT2D eigenvalue weighted by Gasteiger charge is 2.30. The number of rotatable bonds is 4. The van der Waals surface area contributed by atoms with Gasteiger partial charge in [-0.3, -0.25) is 4.79 Å². The van der Waals surface area contributed by atoms with Crippen molar-refractivity contribution in [3.05, 3.63) is 107 Å². The third-order valence-corrected chi connectivity index (χ3v) is 5.25. The molecule has 0 saturated heterocycles. The van der Waals surface area contributed by atoms with Crippen LogP contribution in [0, 0.1) is 0 Å². The number of allylic oxidation sites excluding steroid dienone is 1. The molecule has 2 N–H and O–H groups in total. The van der Waals surface area contributed by atoms with Crippen LogP contribution in [-0.4, -0.2) is 17.0 Å². The van der Waals surface area contributed by atoms with Crippen LogP contribution < -0.4 is 5.32 Å². The predicted octanol–water partition coefficient (Wildman–Crippen LogP) is 5.36. The smallest absolute Gasteiger partial charge is 0.335 e. The number of hydrogen-bond donors (Lipinski definition) is 2. The highest BCUT2D eigenvalue weighted by molar-refractivity contribution is 6.05. The van der Waals surface area contributed by atoms with E-state index in [1.54, 1.807) is 0 Å². The molecule has 4 rings (SSSR count). The lowest BCUT2D eigenvalue weighted by atomic mass is 9.87. The first-order valence-corrected chi connectivity index (χ1v) is 9.43. The van der Waals surface area contributed by atoms with Crippen molar-refractivity contribution >= 4 is 23.1 Å². The van der Waals surface area contributed by atoms with Crippen molar-refractivity contribution in [1.82, 2.24) is 0 Å². The maximum atomic E-state index is 12.6. The van der Waals surface area contributed by atoms with Crippen molar-refractivity contribution in [2.24, 2.45) is 0 Å². The van der Waals surface area contributed by atoms with E-state index in [0.29, 0.717) is 11.3 Å². The van der Waals surface area contributed by atoms with Crippen molar-refractivity contribution < 1.29 is 14.7 Å². The first-order valence-electron chi connectivity index (χ1n) is 9.43. The van der Waals surface area contributed by atoms with Gasteiger partial charge in [0.15, 0.2) is 0 Å². The molecule has 0 aliphatic heterocycles. The van der Waals surface area contributed by atoms with Crippen molar-refractivity contribution in [3.8, 4) is 0 Å². The lowest BCUT2D eigenvalue weighted by molar-refractivity contribution is 0.0696. The summed E-state index contributed by atoms with van der Waals surface area (Å²) in [4.78, 5) is 23.6. The molecule has 0 atom stereocenters. The van der Waals surface area contributed by atoms with Gasteiger partial charge in [-0.1, -0.05) is 56.3 Å². The topological polar surface area (TPSA) is 66.4 Å². The SMILES string of the molecule is CC1(C)C=C(c2ccccc2)c2cc(NC(=O)c3ccc(C(=O)O)cc3)ccc21. The van der Waals surface area contributed by atoms with E-state index in [1.165, 1.54) is 29.8 Å². The summed E-state index contributed by atoms with van der Waals surface area (Å²) in [7, 11) is 0. The highest BCUT2D eigenvalue weighted by Crippen LogP contribution is 2.44. The van der Waals surface area contributed by atoms with Gasteiger partial charge in [0.1, 0.15) is 0 Å². The van der Waals surface area contributed by atoms with Crippen LogP contribution in [0.5, 0.6) is 0 Å². The summed E-state index contributed by atoms with van der Waals surface area (Å²) in [5.74, 6) is -1.29. The lowest BCUT2D eigenvalue weighted by Crippen LogP contribution is -2.14. The number of carbonyl (C=O) groups excluding carboxylic acids is 1. The number of amides is 1. The summed E-state index contributed by atoms with van der Waals surface area (Å²) >= 11 is 0. The van der Waals surface area contributed by atoms with E-state index in [2.05, 4.69) is 43.4 Å². The van der Waals surface area contributed by atoms with E-state index in [0.717, 1.165) is 16.7 Å². The second-order valence-electron chi connectivity index (χ2n) is 7.74. The number of hydrogen-bond acceptors (Lipinski definition) is 2. The van der Waals surface area contributed by atoms with Crippen molar-refractivity contribution in [2.45, 2.75) is 19.3 Å². The van der Waals surface area contributed by atoms with Gasteiger partial charge in [0.05, 0.1) is 5.56 Å². The Morgan fingerprint density at radius 2 is 1.52 bits per heavy atom. The summed E-state index contributed by atoms with van der Waals surface area (Å²) in [5, 5.41) is 11.9. The minimum Gasteiger partial charge on any atom is -0.478 e. The number of carbonyl (C=O) groups is 2. The Labute approximate surface area is 169 Å². The molecule has 1 aliphatic rings. The Hall–Kier alpha value is -3.66. The summed E-state index contributed by atoms with van der Waals surface area (Å²) in [6.07, 6.45) is 2.27. The molecular weight excluding hydrogens is 362 g/mol. The largest absolute Gasteiger partial charge is 0.478 e. The van der Waals surface area contributed by atoms with Gasteiger partial charge in [-0.25, -0.2) is 4.79 Å². The summed E-state index contributed by atoms with van der Waals surface area (Å²) < 4.78 is 0. The van der Waals surface area contributed by atoms with Gasteiger partial charge in [-0.2, -0.15) is 0 Å². The first-order chi connectivity index (χ1) is 13.8. The van der Waals surface area contributed by atoms with Gasteiger partial charge in [-0.15, -0.1) is 0 Å². The second-order valence-corrected chi connectivity index (χ2v) is 7.74. The molecule has 0 spiro atoms. The zero-order chi connectivity index (χ0) is 20.6. The Morgan fingerprint density at radius 3 is 2.17 bits per heavy atom. The maximum absolute atomic E-state index is 12.6. The number of benzene rings is 3. The van der Waals surface area contributed by atoms with E-state index in [-0.39, 0.29) is 16.9 Å². The molecule has 4 heteroatoms. The predicted molar refractivity (Wildman–Crippen MR) is 114 cm³/mol. The van der Waals surface area contributed by atoms with Crippen molar-refractivity contribution in [3.63, 3.8) is 0 Å². The molecule has 0 saturated carbocycles. The number of fused-ring (bicyclic) bond motifs is 1. The second kappa shape index (κ2) is 7.06. The van der Waals surface area contributed by atoms with Crippen LogP contribution in [0.2, 0.25) is 0 Å². The molecule has 0 bridgehead atoms. The van der Waals surface area contributed by atoms with E-state index in [9.17, 15) is 9.59 Å². The van der Waals surface area contributed by atoms with Crippen LogP contribution in [-0.2, 0) is 5.41 Å². The monoisotopic (exact) mass is 383 g/mol. The molecule has 144 valence electrons. The molecule has 0 aromatic heterocycles. The van der Waals surface area contributed by atoms with Crippen LogP contribution in [0.3, 0.4) is 0 Å². The van der Waals surface area contributed by atoms with Gasteiger partial charge >= 0.3 is 5.97 Å². The zero-order valence-electron chi connectivity index (χ0n) is 16.3. The van der Waals surface area contributed by atoms with Crippen LogP contribution in [0.25, 0.3) is 5.57 Å². The van der Waals surface area contributed by atoms with Gasteiger partial charge in [0.25, 0.3) is 5.91 Å². The van der Waals surface area contributed by atoms with E-state index >= 15 is 0 Å². The number of carboxylic acids is 1. The van der Waals surface area contributed by atoms with Gasteiger partial charge in [0.2, 0.25) is 0 Å². The highest BCUT2D eigenvalue weighted by atomic mass is 16.4. The van der Waals surface area contributed by atoms with Crippen LogP contribution >= 0.6 is 0 Å². The summed E-state index contributed by atoms with van der Waals surface area (Å²) in [6.45, 7) is 4.37. The standard InChI is InChI=1S/C25H21NO3/c1-25(2)15-21(16-6-4-3-5-7-16)20-14-19(12-13-22(20)25)26-23(27)17-8-10-18(11-9-17)24(28)29/h3-15H,1-2H3,(H,26,27)(H,28,29). The quantitative estimate of drug-likeness (QED) is 0.637. The fourth-order valence-electron chi connectivity index (χ4n) is 3.75. The minimum atomic E-state index is -1.02. The zero-order valence-corrected chi connectivity index (χ0v) is 16.3. The van der Waals surface area contributed by atoms with Gasteiger partial charge < -0.3 is 10.4 Å². The number of nitrogens with one attached hydrogen (secondary N) is 1. The molecular formula is C25H21NO3. The molecule has 3 aromatic carbocycles. The first kappa shape index (κ1) is 18.7. The van der Waals surface area contributed by atoms with Crippen molar-refractivity contribution in [1.29, 1.82) is 0 Å². The van der Waals surface area contributed by atoms with E-state index in [1.807, 2.05) is 30.3 Å². The third kappa shape index (κ3) is 3.57. The molecule has 0 unspecified atom stereocenters. The van der Waals surface area contributed by atoms with Gasteiger partial charge in [0, 0.05) is 16.7 Å². The number of carboxylic acid groups (broad SMARTS) is 1. The average molecular weight is 383 g/mol. The Balaban J connectivity index is 1.64. The Morgan fingerprint density at radius 1 is 0.862 bits per heavy atom. The minimum absolute atomic E-state index is 0.0876. The molecule has 3 aromatic rings. The normalized spacial score (nSPS) is 14.1. The van der Waals surface area contributed by atoms with Gasteiger partial charge in [-0.05, 0) is 58.7 Å². The summed E-state index contributed by atoms with van der Waals surface area (Å²) in [6, 6.07) is 22.1. The average Bonchev–Trinajstić information content (AvgIpc) is 2.99. The van der Waals surface area contributed by atoms with E-state index in [4.69, 9.17) is 5.11 Å².